The molecule has 1 aliphatic rings. The van der Waals surface area contributed by atoms with Gasteiger partial charge in [-0.2, -0.15) is 0 Å². The van der Waals surface area contributed by atoms with Gasteiger partial charge in [0.25, 0.3) is 0 Å². The Morgan fingerprint density at radius 3 is 2.43 bits per heavy atom. The molecule has 2 heterocycles. The van der Waals surface area contributed by atoms with Crippen molar-refractivity contribution in [3.8, 4) is 11.5 Å². The highest BCUT2D eigenvalue weighted by molar-refractivity contribution is 6.14. The number of carbonyl (C=O) groups is 1. The van der Waals surface area contributed by atoms with E-state index in [0.717, 1.165) is 5.56 Å². The Hall–Kier alpha value is -3.15. The monoisotopic (exact) mass is 310 g/mol. The molecule has 23 heavy (non-hydrogen) atoms. The number of hydrogen-bond donors (Lipinski definition) is 0. The first-order valence-electron chi connectivity index (χ1n) is 6.87. The first kappa shape index (κ1) is 14.8. The number of hydrogen-bond acceptors (Lipinski definition) is 6. The second kappa shape index (κ2) is 6.31. The number of pyridine rings is 1. The van der Waals surface area contributed by atoms with Crippen molar-refractivity contribution in [2.75, 3.05) is 14.2 Å². The normalized spacial score (nSPS) is 15.3. The predicted octanol–water partition coefficient (Wildman–Crippen LogP) is 2.44. The van der Waals surface area contributed by atoms with Gasteiger partial charge < -0.3 is 14.2 Å². The van der Waals surface area contributed by atoms with Crippen LogP contribution in [-0.2, 0) is 9.53 Å². The molecular formula is C17H14N2O4. The van der Waals surface area contributed by atoms with Gasteiger partial charge in [-0.05, 0) is 29.8 Å². The van der Waals surface area contributed by atoms with Crippen LogP contribution in [0.3, 0.4) is 0 Å². The van der Waals surface area contributed by atoms with E-state index in [1.807, 2.05) is 6.07 Å². The number of cyclic esters (lactones) is 1. The SMILES string of the molecule is COc1cccc(OC)c1C1=N/C(=C/c2cccnc2)C(=O)O1. The maximum absolute atomic E-state index is 12.1. The number of nitrogens with zero attached hydrogens (tertiary/aromatic N) is 2. The Labute approximate surface area is 133 Å². The van der Waals surface area contributed by atoms with E-state index in [0.29, 0.717) is 17.1 Å². The molecule has 0 N–H and O–H groups in total. The van der Waals surface area contributed by atoms with Crippen molar-refractivity contribution >= 4 is 17.9 Å². The van der Waals surface area contributed by atoms with Gasteiger partial charge in [-0.3, -0.25) is 4.98 Å². The summed E-state index contributed by atoms with van der Waals surface area (Å²) in [6.07, 6.45) is 4.91. The summed E-state index contributed by atoms with van der Waals surface area (Å²) in [5, 5.41) is 0. The highest BCUT2D eigenvalue weighted by atomic mass is 16.6. The smallest absolute Gasteiger partial charge is 0.363 e. The zero-order valence-corrected chi connectivity index (χ0v) is 12.6. The molecule has 0 saturated carbocycles. The molecule has 0 unspecified atom stereocenters. The summed E-state index contributed by atoms with van der Waals surface area (Å²) in [4.78, 5) is 20.3. The maximum Gasteiger partial charge on any atom is 0.363 e. The Bertz CT molecular complexity index is 775. The van der Waals surface area contributed by atoms with Crippen molar-refractivity contribution in [1.29, 1.82) is 0 Å². The van der Waals surface area contributed by atoms with Crippen LogP contribution in [0.1, 0.15) is 11.1 Å². The molecule has 3 rings (SSSR count). The van der Waals surface area contributed by atoms with E-state index in [1.165, 1.54) is 14.2 Å². The maximum atomic E-state index is 12.1. The van der Waals surface area contributed by atoms with E-state index in [-0.39, 0.29) is 11.6 Å². The minimum atomic E-state index is -0.531. The van der Waals surface area contributed by atoms with Gasteiger partial charge in [-0.1, -0.05) is 12.1 Å². The van der Waals surface area contributed by atoms with Crippen molar-refractivity contribution in [3.05, 3.63) is 59.5 Å². The lowest BCUT2D eigenvalue weighted by molar-refractivity contribution is -0.129. The average Bonchev–Trinajstić information content (AvgIpc) is 2.95. The van der Waals surface area contributed by atoms with Crippen LogP contribution in [0.15, 0.2) is 53.4 Å². The quantitative estimate of drug-likeness (QED) is 0.641. The van der Waals surface area contributed by atoms with Crippen LogP contribution in [0.5, 0.6) is 11.5 Å². The first-order chi connectivity index (χ1) is 11.2. The summed E-state index contributed by atoms with van der Waals surface area (Å²) in [5.41, 5.74) is 1.46. The minimum Gasteiger partial charge on any atom is -0.496 e. The van der Waals surface area contributed by atoms with Gasteiger partial charge in [0.15, 0.2) is 5.70 Å². The largest absolute Gasteiger partial charge is 0.496 e. The van der Waals surface area contributed by atoms with E-state index < -0.39 is 5.97 Å². The van der Waals surface area contributed by atoms with Gasteiger partial charge in [0.05, 0.1) is 14.2 Å². The second-order valence-corrected chi connectivity index (χ2v) is 4.66. The van der Waals surface area contributed by atoms with Crippen molar-refractivity contribution in [1.82, 2.24) is 4.98 Å². The number of carbonyl (C=O) groups excluding carboxylic acids is 1. The van der Waals surface area contributed by atoms with Crippen LogP contribution in [0.2, 0.25) is 0 Å². The number of aliphatic imine (C=N–C) groups is 1. The molecule has 0 bridgehead atoms. The van der Waals surface area contributed by atoms with Crippen molar-refractivity contribution in [2.24, 2.45) is 4.99 Å². The average molecular weight is 310 g/mol. The van der Waals surface area contributed by atoms with E-state index in [2.05, 4.69) is 9.98 Å². The molecule has 0 fully saturated rings. The Morgan fingerprint density at radius 2 is 1.83 bits per heavy atom. The van der Waals surface area contributed by atoms with Crippen LogP contribution in [0.25, 0.3) is 6.08 Å². The molecule has 0 spiro atoms. The molecule has 0 aliphatic carbocycles. The van der Waals surface area contributed by atoms with Gasteiger partial charge in [-0.15, -0.1) is 0 Å². The minimum absolute atomic E-state index is 0.152. The van der Waals surface area contributed by atoms with Crippen molar-refractivity contribution < 1.29 is 19.0 Å². The third kappa shape index (κ3) is 2.91. The van der Waals surface area contributed by atoms with Gasteiger partial charge in [0.2, 0.25) is 5.90 Å². The molecule has 116 valence electrons. The second-order valence-electron chi connectivity index (χ2n) is 4.66. The topological polar surface area (TPSA) is 70.0 Å². The fraction of sp³-hybridized carbons (Fsp3) is 0.118. The van der Waals surface area contributed by atoms with Crippen LogP contribution >= 0.6 is 0 Å². The zero-order valence-electron chi connectivity index (χ0n) is 12.6. The summed E-state index contributed by atoms with van der Waals surface area (Å²) in [6, 6.07) is 8.88. The lowest BCUT2D eigenvalue weighted by Crippen LogP contribution is -2.08. The van der Waals surface area contributed by atoms with Gasteiger partial charge >= 0.3 is 5.97 Å². The molecule has 1 aromatic carbocycles. The number of aromatic nitrogens is 1. The molecule has 2 aromatic rings. The zero-order chi connectivity index (χ0) is 16.2. The highest BCUT2D eigenvalue weighted by Crippen LogP contribution is 2.32. The van der Waals surface area contributed by atoms with E-state index in [4.69, 9.17) is 14.2 Å². The fourth-order valence-electron chi connectivity index (χ4n) is 2.20. The number of esters is 1. The summed E-state index contributed by atoms with van der Waals surface area (Å²) < 4.78 is 15.9. The van der Waals surface area contributed by atoms with Crippen molar-refractivity contribution in [3.63, 3.8) is 0 Å². The lowest BCUT2D eigenvalue weighted by atomic mass is 10.1. The lowest BCUT2D eigenvalue weighted by Gasteiger charge is -2.11. The van der Waals surface area contributed by atoms with E-state index in [1.54, 1.807) is 42.7 Å². The van der Waals surface area contributed by atoms with Crippen LogP contribution in [0.4, 0.5) is 0 Å². The summed E-state index contributed by atoms with van der Waals surface area (Å²) >= 11 is 0. The Kier molecular flexibility index (Phi) is 4.05. The van der Waals surface area contributed by atoms with E-state index >= 15 is 0 Å². The molecule has 0 atom stereocenters. The Balaban J connectivity index is 2.04. The first-order valence-corrected chi connectivity index (χ1v) is 6.87. The summed E-state index contributed by atoms with van der Waals surface area (Å²) in [6.45, 7) is 0. The van der Waals surface area contributed by atoms with Crippen LogP contribution in [-0.4, -0.2) is 31.1 Å². The van der Waals surface area contributed by atoms with Gasteiger partial charge in [-0.25, -0.2) is 9.79 Å². The molecule has 0 saturated heterocycles. The van der Waals surface area contributed by atoms with Gasteiger partial charge in [0, 0.05) is 12.4 Å². The summed E-state index contributed by atoms with van der Waals surface area (Å²) in [5.74, 6) is 0.647. The van der Waals surface area contributed by atoms with Gasteiger partial charge in [0.1, 0.15) is 17.1 Å². The molecule has 0 amide bonds. The van der Waals surface area contributed by atoms with E-state index in [9.17, 15) is 4.79 Å². The molecule has 6 heteroatoms. The molecular weight excluding hydrogens is 296 g/mol. The number of ether oxygens (including phenoxy) is 3. The van der Waals surface area contributed by atoms with Crippen molar-refractivity contribution in [2.45, 2.75) is 0 Å². The molecule has 0 radical (unpaired) electrons. The van der Waals surface area contributed by atoms with Crippen LogP contribution < -0.4 is 9.47 Å². The molecule has 1 aliphatic heterocycles. The number of benzene rings is 1. The van der Waals surface area contributed by atoms with Crippen LogP contribution in [0, 0.1) is 0 Å². The molecule has 1 aromatic heterocycles. The number of rotatable bonds is 4. The highest BCUT2D eigenvalue weighted by Gasteiger charge is 2.28. The molecule has 6 nitrogen and oxygen atoms in total. The fourth-order valence-corrected chi connectivity index (χ4v) is 2.20. The third-order valence-electron chi connectivity index (χ3n) is 3.25. The predicted molar refractivity (Wildman–Crippen MR) is 84.4 cm³/mol. The standard InChI is InChI=1S/C17H14N2O4/c1-21-13-6-3-7-14(22-2)15(13)16-19-12(17(20)23-16)9-11-5-4-8-18-10-11/h3-10H,1-2H3/b12-9+. The summed E-state index contributed by atoms with van der Waals surface area (Å²) in [7, 11) is 3.06. The number of methoxy groups -OCH3 is 2. The Morgan fingerprint density at radius 1 is 1.09 bits per heavy atom. The third-order valence-corrected chi connectivity index (χ3v) is 3.25.